The van der Waals surface area contributed by atoms with Gasteiger partial charge in [0.15, 0.2) is 10.7 Å². The molecule has 0 fully saturated rings. The van der Waals surface area contributed by atoms with Crippen LogP contribution >= 0.6 is 12.2 Å². The van der Waals surface area contributed by atoms with Crippen LogP contribution in [-0.4, -0.2) is 16.0 Å². The molecule has 144 valence electrons. The molecule has 0 aliphatic heterocycles. The van der Waals surface area contributed by atoms with Crippen LogP contribution in [0.15, 0.2) is 71.1 Å². The quantitative estimate of drug-likeness (QED) is 0.466. The van der Waals surface area contributed by atoms with Crippen LogP contribution in [0, 0.1) is 12.7 Å². The monoisotopic (exact) mass is 405 g/mol. The second kappa shape index (κ2) is 7.81. The third-order valence-corrected chi connectivity index (χ3v) is 4.46. The molecule has 5 nitrogen and oxygen atoms in total. The molecule has 0 radical (unpaired) electrons. The van der Waals surface area contributed by atoms with Gasteiger partial charge in [0, 0.05) is 16.8 Å². The Balaban J connectivity index is 1.48. The van der Waals surface area contributed by atoms with E-state index in [0.717, 1.165) is 17.2 Å². The van der Waals surface area contributed by atoms with Crippen LogP contribution in [0.1, 0.15) is 15.9 Å². The lowest BCUT2D eigenvalue weighted by atomic mass is 10.1. The Kier molecular flexibility index (Phi) is 5.05. The normalized spacial score (nSPS) is 10.7. The predicted molar refractivity (Wildman–Crippen MR) is 114 cm³/mol. The Morgan fingerprint density at radius 3 is 2.62 bits per heavy atom. The van der Waals surface area contributed by atoms with Gasteiger partial charge >= 0.3 is 0 Å². The summed E-state index contributed by atoms with van der Waals surface area (Å²) in [7, 11) is 0. The number of rotatable bonds is 3. The Morgan fingerprint density at radius 1 is 1.07 bits per heavy atom. The number of anilines is 1. The molecule has 4 aromatic rings. The number of fused-ring (bicyclic) bond motifs is 1. The van der Waals surface area contributed by atoms with Crippen molar-refractivity contribution in [1.82, 2.24) is 10.3 Å². The molecule has 29 heavy (non-hydrogen) atoms. The fourth-order valence-corrected chi connectivity index (χ4v) is 3.00. The molecule has 0 spiro atoms. The van der Waals surface area contributed by atoms with Crippen molar-refractivity contribution in [2.24, 2.45) is 0 Å². The molecule has 2 N–H and O–H groups in total. The molecule has 0 saturated heterocycles. The molecule has 0 atom stereocenters. The van der Waals surface area contributed by atoms with Gasteiger partial charge in [0.2, 0.25) is 5.89 Å². The first-order chi connectivity index (χ1) is 14.0. The molecular weight excluding hydrogens is 389 g/mol. The number of hydrogen-bond donors (Lipinski definition) is 2. The number of thiocarbonyl (C=S) groups is 1. The molecule has 3 aromatic carbocycles. The zero-order valence-electron chi connectivity index (χ0n) is 15.4. The van der Waals surface area contributed by atoms with Crippen molar-refractivity contribution < 1.29 is 13.6 Å². The van der Waals surface area contributed by atoms with E-state index in [1.54, 1.807) is 18.2 Å². The Hall–Kier alpha value is -3.58. The highest BCUT2D eigenvalue weighted by Gasteiger charge is 2.11. The van der Waals surface area contributed by atoms with Gasteiger partial charge in [-0.3, -0.25) is 10.1 Å². The van der Waals surface area contributed by atoms with Crippen molar-refractivity contribution >= 4 is 40.0 Å². The summed E-state index contributed by atoms with van der Waals surface area (Å²) in [5, 5.41) is 5.56. The van der Waals surface area contributed by atoms with Crippen LogP contribution in [0.2, 0.25) is 0 Å². The number of nitrogens with one attached hydrogen (secondary N) is 2. The number of oxazole rings is 1. The summed E-state index contributed by atoms with van der Waals surface area (Å²) in [5.41, 5.74) is 4.17. The first-order valence-corrected chi connectivity index (χ1v) is 9.24. The zero-order valence-corrected chi connectivity index (χ0v) is 16.2. The third-order valence-electron chi connectivity index (χ3n) is 4.26. The lowest BCUT2D eigenvalue weighted by Crippen LogP contribution is -2.34. The Labute approximate surface area is 171 Å². The van der Waals surface area contributed by atoms with E-state index in [1.807, 2.05) is 31.2 Å². The van der Waals surface area contributed by atoms with Gasteiger partial charge in [-0.15, -0.1) is 0 Å². The van der Waals surface area contributed by atoms with Gasteiger partial charge in [-0.2, -0.15) is 0 Å². The second-order valence-corrected chi connectivity index (χ2v) is 6.89. The first-order valence-electron chi connectivity index (χ1n) is 8.83. The van der Waals surface area contributed by atoms with Crippen molar-refractivity contribution in [2.75, 3.05) is 5.32 Å². The SMILES string of the molecule is Cc1ccc(-c2nc3cc(NC(=S)NC(=O)c4cccc(F)c4)ccc3o2)cc1. The fourth-order valence-electron chi connectivity index (χ4n) is 2.79. The highest BCUT2D eigenvalue weighted by Crippen LogP contribution is 2.26. The standard InChI is InChI=1S/C22H16FN3O2S/c1-13-5-7-14(8-6-13)21-25-18-12-17(9-10-19(18)28-21)24-22(29)26-20(27)15-3-2-4-16(23)11-15/h2-12H,1H3,(H2,24,26,27,29). The Morgan fingerprint density at radius 2 is 1.86 bits per heavy atom. The summed E-state index contributed by atoms with van der Waals surface area (Å²) in [6, 6.07) is 18.6. The van der Waals surface area contributed by atoms with Gasteiger partial charge in [0.1, 0.15) is 11.3 Å². The van der Waals surface area contributed by atoms with Gasteiger partial charge < -0.3 is 9.73 Å². The van der Waals surface area contributed by atoms with Crippen LogP contribution in [0.3, 0.4) is 0 Å². The fraction of sp³-hybridized carbons (Fsp3) is 0.0455. The maximum atomic E-state index is 13.3. The summed E-state index contributed by atoms with van der Waals surface area (Å²) < 4.78 is 19.1. The average molecular weight is 405 g/mol. The molecule has 0 aliphatic rings. The minimum Gasteiger partial charge on any atom is -0.436 e. The average Bonchev–Trinajstić information content (AvgIpc) is 3.11. The smallest absolute Gasteiger partial charge is 0.257 e. The zero-order chi connectivity index (χ0) is 20.4. The molecule has 1 aromatic heterocycles. The predicted octanol–water partition coefficient (Wildman–Crippen LogP) is 5.07. The number of amides is 1. The Bertz CT molecular complexity index is 1220. The summed E-state index contributed by atoms with van der Waals surface area (Å²) in [6.45, 7) is 2.02. The lowest BCUT2D eigenvalue weighted by Gasteiger charge is -2.09. The molecule has 1 amide bonds. The van der Waals surface area contributed by atoms with Crippen LogP contribution in [0.5, 0.6) is 0 Å². The second-order valence-electron chi connectivity index (χ2n) is 6.49. The van der Waals surface area contributed by atoms with E-state index in [2.05, 4.69) is 15.6 Å². The first kappa shape index (κ1) is 18.8. The highest BCUT2D eigenvalue weighted by molar-refractivity contribution is 7.80. The number of hydrogen-bond acceptors (Lipinski definition) is 4. The number of aryl methyl sites for hydroxylation is 1. The molecular formula is C22H16FN3O2S. The van der Waals surface area contributed by atoms with Crippen molar-refractivity contribution in [3.05, 3.63) is 83.7 Å². The molecule has 0 aliphatic carbocycles. The van der Waals surface area contributed by atoms with E-state index in [-0.39, 0.29) is 10.7 Å². The van der Waals surface area contributed by atoms with E-state index in [1.165, 1.54) is 18.2 Å². The van der Waals surface area contributed by atoms with Gasteiger partial charge in [0.25, 0.3) is 5.91 Å². The molecule has 0 bridgehead atoms. The molecule has 0 unspecified atom stereocenters. The van der Waals surface area contributed by atoms with Gasteiger partial charge in [-0.25, -0.2) is 9.37 Å². The summed E-state index contributed by atoms with van der Waals surface area (Å²) >= 11 is 5.18. The maximum absolute atomic E-state index is 13.3. The number of halogens is 1. The minimum atomic E-state index is -0.494. The van der Waals surface area contributed by atoms with Gasteiger partial charge in [-0.05, 0) is 67.7 Å². The van der Waals surface area contributed by atoms with Gasteiger partial charge in [-0.1, -0.05) is 23.8 Å². The van der Waals surface area contributed by atoms with E-state index in [9.17, 15) is 9.18 Å². The summed E-state index contributed by atoms with van der Waals surface area (Å²) in [6.07, 6.45) is 0. The number of carbonyl (C=O) groups excluding carboxylic acids is 1. The van der Waals surface area contributed by atoms with E-state index >= 15 is 0 Å². The van der Waals surface area contributed by atoms with Crippen molar-refractivity contribution in [3.63, 3.8) is 0 Å². The molecule has 4 rings (SSSR count). The number of nitrogens with zero attached hydrogens (tertiary/aromatic N) is 1. The van der Waals surface area contributed by atoms with Gasteiger partial charge in [0.05, 0.1) is 0 Å². The topological polar surface area (TPSA) is 67.2 Å². The van der Waals surface area contributed by atoms with Crippen molar-refractivity contribution in [1.29, 1.82) is 0 Å². The van der Waals surface area contributed by atoms with Crippen LogP contribution in [0.4, 0.5) is 10.1 Å². The number of carbonyl (C=O) groups is 1. The molecule has 0 saturated carbocycles. The largest absolute Gasteiger partial charge is 0.436 e. The number of aromatic nitrogens is 1. The lowest BCUT2D eigenvalue weighted by molar-refractivity contribution is 0.0977. The van der Waals surface area contributed by atoms with Crippen molar-refractivity contribution in [3.8, 4) is 11.5 Å². The van der Waals surface area contributed by atoms with Crippen LogP contribution in [0.25, 0.3) is 22.6 Å². The minimum absolute atomic E-state index is 0.0980. The molecule has 7 heteroatoms. The number of benzene rings is 3. The molecule has 1 heterocycles. The maximum Gasteiger partial charge on any atom is 0.257 e. The highest BCUT2D eigenvalue weighted by atomic mass is 32.1. The van der Waals surface area contributed by atoms with Crippen molar-refractivity contribution in [2.45, 2.75) is 6.92 Å². The van der Waals surface area contributed by atoms with E-state index in [0.29, 0.717) is 22.7 Å². The summed E-state index contributed by atoms with van der Waals surface area (Å²) in [5.74, 6) is -0.456. The van der Waals surface area contributed by atoms with E-state index < -0.39 is 11.7 Å². The summed E-state index contributed by atoms with van der Waals surface area (Å²) in [4.78, 5) is 16.7. The van der Waals surface area contributed by atoms with Crippen LogP contribution < -0.4 is 10.6 Å². The van der Waals surface area contributed by atoms with E-state index in [4.69, 9.17) is 16.6 Å². The van der Waals surface area contributed by atoms with Crippen LogP contribution in [-0.2, 0) is 0 Å². The third kappa shape index (κ3) is 4.30.